The molecule has 0 atom stereocenters. The smallest absolute Gasteiger partial charge is 0.261 e. The number of allylic oxidation sites excluding steroid dienone is 1. The molecule has 0 unspecified atom stereocenters. The molecule has 0 saturated carbocycles. The molecule has 18 heavy (non-hydrogen) atoms. The number of carbonyl (C=O) groups excluding carboxylic acids is 2. The van der Waals surface area contributed by atoms with Gasteiger partial charge in [0.2, 0.25) is 0 Å². The summed E-state index contributed by atoms with van der Waals surface area (Å²) in [6.45, 7) is 1.31. The number of benzene rings is 1. The standard InChI is InChI=1S/C13H11BrFNO2/c1-8(6-14)11(15)7-16-12(17)9-4-2-3-5-10(9)13(16)18/h2-5H,6-7H2,1H3. The van der Waals surface area contributed by atoms with E-state index in [1.165, 1.54) is 0 Å². The van der Waals surface area contributed by atoms with E-state index in [1.54, 1.807) is 31.2 Å². The van der Waals surface area contributed by atoms with E-state index in [1.807, 2.05) is 0 Å². The normalized spacial score (nSPS) is 15.8. The summed E-state index contributed by atoms with van der Waals surface area (Å²) in [6.07, 6.45) is 0. The lowest BCUT2D eigenvalue weighted by Crippen LogP contribution is -2.31. The maximum absolute atomic E-state index is 13.7. The van der Waals surface area contributed by atoms with Crippen LogP contribution in [-0.2, 0) is 0 Å². The number of halogens is 2. The van der Waals surface area contributed by atoms with Gasteiger partial charge in [-0.25, -0.2) is 4.39 Å². The summed E-state index contributed by atoms with van der Waals surface area (Å²) < 4.78 is 13.7. The first-order valence-electron chi connectivity index (χ1n) is 5.41. The fourth-order valence-corrected chi connectivity index (χ4v) is 2.03. The predicted molar refractivity (Wildman–Crippen MR) is 69.4 cm³/mol. The third-order valence-corrected chi connectivity index (χ3v) is 3.68. The van der Waals surface area contributed by atoms with Crippen LogP contribution in [0.4, 0.5) is 4.39 Å². The minimum absolute atomic E-state index is 0.302. The van der Waals surface area contributed by atoms with Gasteiger partial charge in [-0.15, -0.1) is 0 Å². The topological polar surface area (TPSA) is 37.4 Å². The van der Waals surface area contributed by atoms with Crippen LogP contribution in [0.2, 0.25) is 0 Å². The molecular formula is C13H11BrFNO2. The molecule has 2 rings (SSSR count). The van der Waals surface area contributed by atoms with Crippen molar-refractivity contribution < 1.29 is 14.0 Å². The maximum atomic E-state index is 13.7. The third kappa shape index (κ3) is 2.10. The van der Waals surface area contributed by atoms with Gasteiger partial charge in [0.15, 0.2) is 0 Å². The molecule has 0 spiro atoms. The Balaban J connectivity index is 2.30. The van der Waals surface area contributed by atoms with E-state index in [0.29, 0.717) is 22.0 Å². The number of nitrogens with zero attached hydrogens (tertiary/aromatic N) is 1. The first kappa shape index (κ1) is 13.0. The Labute approximate surface area is 112 Å². The molecular weight excluding hydrogens is 301 g/mol. The number of carbonyl (C=O) groups is 2. The Kier molecular flexibility index (Phi) is 3.61. The van der Waals surface area contributed by atoms with E-state index in [-0.39, 0.29) is 6.54 Å². The van der Waals surface area contributed by atoms with Crippen molar-refractivity contribution in [1.82, 2.24) is 4.90 Å². The number of fused-ring (bicyclic) bond motifs is 1. The van der Waals surface area contributed by atoms with Crippen molar-refractivity contribution in [3.8, 4) is 0 Å². The first-order chi connectivity index (χ1) is 8.56. The number of hydrogen-bond donors (Lipinski definition) is 0. The zero-order valence-corrected chi connectivity index (χ0v) is 11.3. The molecule has 0 saturated heterocycles. The lowest BCUT2D eigenvalue weighted by molar-refractivity contribution is 0.0659. The molecule has 5 heteroatoms. The van der Waals surface area contributed by atoms with Crippen LogP contribution in [0.1, 0.15) is 27.6 Å². The van der Waals surface area contributed by atoms with Crippen LogP contribution in [0.5, 0.6) is 0 Å². The molecule has 0 bridgehead atoms. The van der Waals surface area contributed by atoms with E-state index >= 15 is 0 Å². The van der Waals surface area contributed by atoms with Gasteiger partial charge in [-0.1, -0.05) is 28.1 Å². The summed E-state index contributed by atoms with van der Waals surface area (Å²) in [4.78, 5) is 24.9. The SMILES string of the molecule is CC(CBr)=C(F)CN1C(=O)c2ccccc2C1=O. The van der Waals surface area contributed by atoms with E-state index in [4.69, 9.17) is 0 Å². The average molecular weight is 312 g/mol. The van der Waals surface area contributed by atoms with Gasteiger partial charge in [0.25, 0.3) is 11.8 Å². The molecule has 0 N–H and O–H groups in total. The largest absolute Gasteiger partial charge is 0.269 e. The number of amides is 2. The molecule has 94 valence electrons. The molecule has 0 radical (unpaired) electrons. The summed E-state index contributed by atoms with van der Waals surface area (Å²) in [5.74, 6) is -1.33. The molecule has 1 aromatic rings. The molecule has 2 amide bonds. The highest BCUT2D eigenvalue weighted by molar-refractivity contribution is 9.09. The lowest BCUT2D eigenvalue weighted by atomic mass is 10.1. The highest BCUT2D eigenvalue weighted by atomic mass is 79.9. The quantitative estimate of drug-likeness (QED) is 0.636. The molecule has 1 aliphatic heterocycles. The fourth-order valence-electron chi connectivity index (χ4n) is 1.73. The molecule has 3 nitrogen and oxygen atoms in total. The number of hydrogen-bond acceptors (Lipinski definition) is 2. The van der Waals surface area contributed by atoms with Crippen molar-refractivity contribution in [2.24, 2.45) is 0 Å². The van der Waals surface area contributed by atoms with E-state index < -0.39 is 17.6 Å². The Morgan fingerprint density at radius 1 is 1.22 bits per heavy atom. The average Bonchev–Trinajstić information content (AvgIpc) is 2.63. The summed E-state index contributed by atoms with van der Waals surface area (Å²) in [7, 11) is 0. The van der Waals surface area contributed by atoms with E-state index in [2.05, 4.69) is 15.9 Å². The van der Waals surface area contributed by atoms with Gasteiger partial charge in [0.05, 0.1) is 17.7 Å². The third-order valence-electron chi connectivity index (χ3n) is 2.84. The number of alkyl halides is 1. The zero-order valence-electron chi connectivity index (χ0n) is 9.74. The number of rotatable bonds is 3. The van der Waals surface area contributed by atoms with Crippen molar-refractivity contribution in [2.75, 3.05) is 11.9 Å². The molecule has 1 aliphatic rings. The molecule has 1 aromatic carbocycles. The van der Waals surface area contributed by atoms with Gasteiger partial charge in [0.1, 0.15) is 5.83 Å². The van der Waals surface area contributed by atoms with Gasteiger partial charge in [-0.3, -0.25) is 14.5 Å². The van der Waals surface area contributed by atoms with Crippen LogP contribution in [0.3, 0.4) is 0 Å². The Morgan fingerprint density at radius 3 is 2.17 bits per heavy atom. The van der Waals surface area contributed by atoms with Gasteiger partial charge in [-0.2, -0.15) is 0 Å². The Morgan fingerprint density at radius 2 is 1.72 bits per heavy atom. The Bertz CT molecular complexity index is 519. The van der Waals surface area contributed by atoms with E-state index in [9.17, 15) is 14.0 Å². The van der Waals surface area contributed by atoms with Crippen LogP contribution in [0.15, 0.2) is 35.7 Å². The maximum Gasteiger partial charge on any atom is 0.261 e. The fraction of sp³-hybridized carbons (Fsp3) is 0.231. The second-order valence-corrected chi connectivity index (χ2v) is 4.62. The van der Waals surface area contributed by atoms with Gasteiger partial charge < -0.3 is 0 Å². The van der Waals surface area contributed by atoms with Crippen LogP contribution in [0, 0.1) is 0 Å². The lowest BCUT2D eigenvalue weighted by Gasteiger charge is -2.13. The molecule has 0 aliphatic carbocycles. The minimum atomic E-state index is -0.457. The van der Waals surface area contributed by atoms with Crippen LogP contribution in [0.25, 0.3) is 0 Å². The van der Waals surface area contributed by atoms with Crippen LogP contribution < -0.4 is 0 Å². The molecule has 0 aromatic heterocycles. The number of imide groups is 1. The first-order valence-corrected chi connectivity index (χ1v) is 6.53. The van der Waals surface area contributed by atoms with Crippen molar-refractivity contribution in [1.29, 1.82) is 0 Å². The molecule has 1 heterocycles. The summed E-state index contributed by atoms with van der Waals surface area (Å²) in [5.41, 5.74) is 1.16. The zero-order chi connectivity index (χ0) is 13.3. The minimum Gasteiger partial charge on any atom is -0.269 e. The summed E-state index contributed by atoms with van der Waals surface area (Å²) in [5, 5.41) is 0.377. The predicted octanol–water partition coefficient (Wildman–Crippen LogP) is 2.92. The highest BCUT2D eigenvalue weighted by Crippen LogP contribution is 2.24. The highest BCUT2D eigenvalue weighted by Gasteiger charge is 2.35. The summed E-state index contributed by atoms with van der Waals surface area (Å²) in [6, 6.07) is 6.52. The van der Waals surface area contributed by atoms with Crippen molar-refractivity contribution >= 4 is 27.7 Å². The summed E-state index contributed by atoms with van der Waals surface area (Å²) >= 11 is 3.14. The van der Waals surface area contributed by atoms with Crippen molar-refractivity contribution in [2.45, 2.75) is 6.92 Å². The van der Waals surface area contributed by atoms with Crippen molar-refractivity contribution in [3.63, 3.8) is 0 Å². The molecule has 0 fully saturated rings. The Hall–Kier alpha value is -1.49. The van der Waals surface area contributed by atoms with Gasteiger partial charge >= 0.3 is 0 Å². The van der Waals surface area contributed by atoms with Gasteiger partial charge in [0, 0.05) is 5.33 Å². The van der Waals surface area contributed by atoms with Crippen LogP contribution in [-0.4, -0.2) is 28.6 Å². The van der Waals surface area contributed by atoms with Crippen LogP contribution >= 0.6 is 15.9 Å². The second kappa shape index (κ2) is 5.02. The monoisotopic (exact) mass is 311 g/mol. The van der Waals surface area contributed by atoms with Crippen molar-refractivity contribution in [3.05, 3.63) is 46.8 Å². The van der Waals surface area contributed by atoms with Gasteiger partial charge in [-0.05, 0) is 24.6 Å². The van der Waals surface area contributed by atoms with E-state index in [0.717, 1.165) is 4.90 Å². The second-order valence-electron chi connectivity index (χ2n) is 4.06.